The molecule has 0 aliphatic heterocycles. The number of amides is 1. The van der Waals surface area contributed by atoms with Crippen molar-refractivity contribution in [2.45, 2.75) is 19.9 Å². The molecule has 2 aromatic rings. The Morgan fingerprint density at radius 3 is 2.57 bits per heavy atom. The second kappa shape index (κ2) is 6.41. The molecule has 21 heavy (non-hydrogen) atoms. The minimum absolute atomic E-state index is 0.0952. The number of nitrogens with zero attached hydrogens (tertiary/aromatic N) is 2. The summed E-state index contributed by atoms with van der Waals surface area (Å²) in [6, 6.07) is 8.57. The zero-order valence-electron chi connectivity index (χ0n) is 12.2. The van der Waals surface area contributed by atoms with E-state index in [0.29, 0.717) is 11.4 Å². The van der Waals surface area contributed by atoms with Crippen LogP contribution < -0.4 is 11.1 Å². The summed E-state index contributed by atoms with van der Waals surface area (Å²) in [7, 11) is 0. The fourth-order valence-electron chi connectivity index (χ4n) is 1.88. The third kappa shape index (κ3) is 3.61. The smallest absolute Gasteiger partial charge is 0.272 e. The van der Waals surface area contributed by atoms with Crippen molar-refractivity contribution in [1.82, 2.24) is 15.1 Å². The Labute approximate surface area is 123 Å². The number of aromatic nitrogens is 2. The number of carbonyl (C=O) groups is 1. The van der Waals surface area contributed by atoms with Crippen LogP contribution >= 0.6 is 0 Å². The second-order valence-corrected chi connectivity index (χ2v) is 5.24. The van der Waals surface area contributed by atoms with Gasteiger partial charge >= 0.3 is 0 Å². The van der Waals surface area contributed by atoms with E-state index in [2.05, 4.69) is 10.4 Å². The monoisotopic (exact) mass is 288 g/mol. The Hall–Kier alpha value is -2.34. The van der Waals surface area contributed by atoms with Gasteiger partial charge in [-0.2, -0.15) is 5.10 Å². The maximum atomic E-state index is 12.1. The van der Waals surface area contributed by atoms with Crippen LogP contribution in [-0.4, -0.2) is 33.4 Å². The number of benzene rings is 1. The van der Waals surface area contributed by atoms with Gasteiger partial charge in [0, 0.05) is 11.9 Å². The van der Waals surface area contributed by atoms with Gasteiger partial charge < -0.3 is 16.2 Å². The molecule has 1 aromatic carbocycles. The van der Waals surface area contributed by atoms with Gasteiger partial charge in [-0.05, 0) is 36.2 Å². The molecule has 0 aliphatic carbocycles. The Morgan fingerprint density at radius 2 is 2.00 bits per heavy atom. The normalized spacial score (nSPS) is 12.4. The van der Waals surface area contributed by atoms with Crippen molar-refractivity contribution in [3.8, 4) is 5.69 Å². The Morgan fingerprint density at radius 1 is 1.33 bits per heavy atom. The summed E-state index contributed by atoms with van der Waals surface area (Å²) in [6.07, 6.45) is 1.71. The van der Waals surface area contributed by atoms with E-state index in [1.165, 1.54) is 0 Å². The number of aliphatic hydroxyl groups excluding tert-OH is 1. The summed E-state index contributed by atoms with van der Waals surface area (Å²) in [4.78, 5) is 12.1. The number of aliphatic hydroxyl groups is 1. The predicted octanol–water partition coefficient (Wildman–Crippen LogP) is 1.20. The van der Waals surface area contributed by atoms with Gasteiger partial charge in [-0.15, -0.1) is 0 Å². The number of carbonyl (C=O) groups excluding carboxylic acids is 1. The van der Waals surface area contributed by atoms with E-state index >= 15 is 0 Å². The first-order valence-corrected chi connectivity index (χ1v) is 6.84. The Kier molecular flexibility index (Phi) is 4.59. The lowest BCUT2D eigenvalue weighted by molar-refractivity contribution is 0.0891. The number of hydrogen-bond donors (Lipinski definition) is 3. The first-order chi connectivity index (χ1) is 10.0. The number of nitrogens with one attached hydrogen (secondary N) is 1. The van der Waals surface area contributed by atoms with Crippen molar-refractivity contribution in [2.75, 3.05) is 12.3 Å². The van der Waals surface area contributed by atoms with E-state index in [9.17, 15) is 9.90 Å². The fourth-order valence-corrected chi connectivity index (χ4v) is 1.88. The highest BCUT2D eigenvalue weighted by molar-refractivity contribution is 5.92. The molecule has 0 saturated heterocycles. The van der Waals surface area contributed by atoms with Gasteiger partial charge in [0.15, 0.2) is 5.69 Å². The minimum atomic E-state index is -0.294. The van der Waals surface area contributed by atoms with Gasteiger partial charge in [0.25, 0.3) is 5.91 Å². The van der Waals surface area contributed by atoms with Crippen LogP contribution in [0.2, 0.25) is 0 Å². The van der Waals surface area contributed by atoms with Crippen molar-refractivity contribution in [3.63, 3.8) is 0 Å². The van der Waals surface area contributed by atoms with Crippen molar-refractivity contribution >= 4 is 11.6 Å². The average Bonchev–Trinajstić information content (AvgIpc) is 2.94. The van der Waals surface area contributed by atoms with Gasteiger partial charge in [-0.25, -0.2) is 4.68 Å². The van der Waals surface area contributed by atoms with Crippen molar-refractivity contribution < 1.29 is 9.90 Å². The van der Waals surface area contributed by atoms with Crippen LogP contribution in [-0.2, 0) is 0 Å². The zero-order valence-corrected chi connectivity index (χ0v) is 12.2. The van der Waals surface area contributed by atoms with Gasteiger partial charge in [0.05, 0.1) is 18.3 Å². The molecule has 2 rings (SSSR count). The highest BCUT2D eigenvalue weighted by Gasteiger charge is 2.18. The van der Waals surface area contributed by atoms with E-state index in [4.69, 9.17) is 5.73 Å². The van der Waals surface area contributed by atoms with Crippen LogP contribution in [0.4, 0.5) is 5.69 Å². The summed E-state index contributed by atoms with van der Waals surface area (Å²) < 4.78 is 1.61. The topological polar surface area (TPSA) is 93.2 Å². The zero-order chi connectivity index (χ0) is 15.4. The van der Waals surface area contributed by atoms with E-state index in [0.717, 1.165) is 5.69 Å². The first kappa shape index (κ1) is 15.1. The van der Waals surface area contributed by atoms with Gasteiger partial charge in [-0.1, -0.05) is 13.8 Å². The lowest BCUT2D eigenvalue weighted by Crippen LogP contribution is -2.41. The molecular formula is C15H20N4O2. The maximum absolute atomic E-state index is 12.1. The fraction of sp³-hybridized carbons (Fsp3) is 0.333. The standard InChI is InChI=1S/C15H20N4O2/c1-10(2)14(9-20)17-15(21)13-7-8-19(18-13)12-5-3-11(16)4-6-12/h3-8,10,14,20H,9,16H2,1-2H3,(H,17,21)/t14-/m1/s1. The summed E-state index contributed by atoms with van der Waals surface area (Å²) in [5.41, 5.74) is 7.45. The molecule has 0 saturated carbocycles. The van der Waals surface area contributed by atoms with E-state index in [-0.39, 0.29) is 24.5 Å². The molecule has 6 nitrogen and oxygen atoms in total. The van der Waals surface area contributed by atoms with Crippen molar-refractivity contribution in [3.05, 3.63) is 42.2 Å². The molecule has 4 N–H and O–H groups in total. The van der Waals surface area contributed by atoms with Crippen LogP contribution in [0.25, 0.3) is 5.69 Å². The summed E-state index contributed by atoms with van der Waals surface area (Å²) in [5, 5.41) is 16.3. The second-order valence-electron chi connectivity index (χ2n) is 5.24. The number of nitrogens with two attached hydrogens (primary N) is 1. The van der Waals surface area contributed by atoms with Gasteiger partial charge in [-0.3, -0.25) is 4.79 Å². The molecule has 1 atom stereocenters. The molecule has 1 heterocycles. The largest absolute Gasteiger partial charge is 0.399 e. The molecule has 1 amide bonds. The van der Waals surface area contributed by atoms with Crippen LogP contribution in [0.1, 0.15) is 24.3 Å². The molecule has 1 aromatic heterocycles. The SMILES string of the molecule is CC(C)[C@@H](CO)NC(=O)c1ccn(-c2ccc(N)cc2)n1. The summed E-state index contributed by atoms with van der Waals surface area (Å²) in [6.45, 7) is 3.78. The number of rotatable bonds is 5. The minimum Gasteiger partial charge on any atom is -0.399 e. The molecule has 0 bridgehead atoms. The van der Waals surface area contributed by atoms with E-state index in [1.807, 2.05) is 26.0 Å². The van der Waals surface area contributed by atoms with Crippen molar-refractivity contribution in [2.24, 2.45) is 5.92 Å². The predicted molar refractivity (Wildman–Crippen MR) is 81.2 cm³/mol. The number of anilines is 1. The number of hydrogen-bond acceptors (Lipinski definition) is 4. The average molecular weight is 288 g/mol. The molecule has 0 aliphatic rings. The van der Waals surface area contributed by atoms with Gasteiger partial charge in [0.2, 0.25) is 0 Å². The third-order valence-electron chi connectivity index (χ3n) is 3.30. The molecular weight excluding hydrogens is 268 g/mol. The van der Waals surface area contributed by atoms with Crippen LogP contribution in [0, 0.1) is 5.92 Å². The molecule has 0 unspecified atom stereocenters. The quantitative estimate of drug-likeness (QED) is 0.721. The third-order valence-corrected chi connectivity index (χ3v) is 3.30. The highest BCUT2D eigenvalue weighted by atomic mass is 16.3. The molecule has 0 spiro atoms. The lowest BCUT2D eigenvalue weighted by atomic mass is 10.1. The maximum Gasteiger partial charge on any atom is 0.272 e. The Balaban J connectivity index is 2.12. The van der Waals surface area contributed by atoms with Gasteiger partial charge in [0.1, 0.15) is 0 Å². The lowest BCUT2D eigenvalue weighted by Gasteiger charge is -2.19. The molecule has 0 fully saturated rings. The highest BCUT2D eigenvalue weighted by Crippen LogP contribution is 2.11. The summed E-state index contributed by atoms with van der Waals surface area (Å²) in [5.74, 6) is -0.143. The van der Waals surface area contributed by atoms with Crippen LogP contribution in [0.5, 0.6) is 0 Å². The van der Waals surface area contributed by atoms with E-state index < -0.39 is 0 Å². The number of nitrogen functional groups attached to an aromatic ring is 1. The summed E-state index contributed by atoms with van der Waals surface area (Å²) >= 11 is 0. The Bertz CT molecular complexity index is 604. The molecule has 0 radical (unpaired) electrons. The van der Waals surface area contributed by atoms with Crippen LogP contribution in [0.3, 0.4) is 0 Å². The van der Waals surface area contributed by atoms with E-state index in [1.54, 1.807) is 29.1 Å². The molecule has 112 valence electrons. The van der Waals surface area contributed by atoms with Crippen LogP contribution in [0.15, 0.2) is 36.5 Å². The van der Waals surface area contributed by atoms with Crippen molar-refractivity contribution in [1.29, 1.82) is 0 Å². The first-order valence-electron chi connectivity index (χ1n) is 6.84. The molecule has 6 heteroatoms.